The van der Waals surface area contributed by atoms with E-state index in [1.165, 1.54) is 31.4 Å². The van der Waals surface area contributed by atoms with Crippen LogP contribution in [0.25, 0.3) is 0 Å². The molecule has 38 heavy (non-hydrogen) atoms. The minimum absolute atomic E-state index is 0.00869. The molecule has 0 unspecified atom stereocenters. The first-order chi connectivity index (χ1) is 18.1. The highest BCUT2D eigenvalue weighted by Crippen LogP contribution is 2.27. The van der Waals surface area contributed by atoms with E-state index in [0.29, 0.717) is 5.56 Å². The lowest BCUT2D eigenvalue weighted by Crippen LogP contribution is -2.55. The summed E-state index contributed by atoms with van der Waals surface area (Å²) in [6.45, 7) is 3.37. The van der Waals surface area contributed by atoms with Crippen molar-refractivity contribution < 1.29 is 38.3 Å². The van der Waals surface area contributed by atoms with Crippen molar-refractivity contribution >= 4 is 29.6 Å². The summed E-state index contributed by atoms with van der Waals surface area (Å²) in [4.78, 5) is 61.1. The van der Waals surface area contributed by atoms with Crippen LogP contribution in [-0.4, -0.2) is 55.2 Å². The molecule has 0 saturated heterocycles. The topological polar surface area (TPSA) is 163 Å². The van der Waals surface area contributed by atoms with Crippen LogP contribution in [0, 0.1) is 16.0 Å². The van der Waals surface area contributed by atoms with Crippen LogP contribution in [0.4, 0.5) is 10.5 Å². The lowest BCUT2D eigenvalue weighted by molar-refractivity contribution is -0.384. The molecule has 0 aromatic heterocycles. The van der Waals surface area contributed by atoms with Crippen molar-refractivity contribution in [2.75, 3.05) is 14.2 Å². The second-order valence-electron chi connectivity index (χ2n) is 8.67. The summed E-state index contributed by atoms with van der Waals surface area (Å²) in [6.07, 6.45) is -1.17. The van der Waals surface area contributed by atoms with E-state index in [9.17, 15) is 29.3 Å². The zero-order valence-corrected chi connectivity index (χ0v) is 21.5. The lowest BCUT2D eigenvalue weighted by atomic mass is 9.87. The van der Waals surface area contributed by atoms with E-state index < -0.39 is 52.8 Å². The largest absolute Gasteiger partial charge is 0.469 e. The number of rotatable bonds is 12. The number of ether oxygens (including phenoxy) is 3. The highest BCUT2D eigenvalue weighted by molar-refractivity contribution is 5.90. The number of nitrogens with one attached hydrogen (secondary N) is 2. The van der Waals surface area contributed by atoms with Crippen LogP contribution in [0.1, 0.15) is 37.3 Å². The van der Waals surface area contributed by atoms with Gasteiger partial charge in [-0.3, -0.25) is 19.7 Å². The molecular weight excluding hydrogens is 498 g/mol. The SMILES string of the molecule is COC(=O)C[C@@H](c1ccc([N+](=O)[O-])cc1)[C@@H](NC(=O)[C@@H](NC(=O)OCc1ccccc1)C(C)C)C(=O)OC. The minimum Gasteiger partial charge on any atom is -0.469 e. The molecule has 0 aliphatic carbocycles. The van der Waals surface area contributed by atoms with Gasteiger partial charge in [-0.2, -0.15) is 0 Å². The van der Waals surface area contributed by atoms with Crippen molar-refractivity contribution in [2.24, 2.45) is 5.92 Å². The van der Waals surface area contributed by atoms with Crippen molar-refractivity contribution in [1.29, 1.82) is 0 Å². The fourth-order valence-electron chi connectivity index (χ4n) is 3.65. The van der Waals surface area contributed by atoms with Gasteiger partial charge in [-0.25, -0.2) is 9.59 Å². The zero-order chi connectivity index (χ0) is 28.2. The lowest BCUT2D eigenvalue weighted by Gasteiger charge is -2.29. The van der Waals surface area contributed by atoms with E-state index in [-0.39, 0.29) is 18.7 Å². The molecule has 2 aromatic rings. The van der Waals surface area contributed by atoms with E-state index in [1.807, 2.05) is 6.07 Å². The van der Waals surface area contributed by atoms with E-state index in [2.05, 4.69) is 10.6 Å². The molecular formula is C26H31N3O9. The fraction of sp³-hybridized carbons (Fsp3) is 0.385. The molecule has 0 spiro atoms. The van der Waals surface area contributed by atoms with Crippen LogP contribution < -0.4 is 10.6 Å². The number of alkyl carbamates (subject to hydrolysis) is 1. The van der Waals surface area contributed by atoms with E-state index in [1.54, 1.807) is 38.1 Å². The van der Waals surface area contributed by atoms with Crippen molar-refractivity contribution in [3.63, 3.8) is 0 Å². The van der Waals surface area contributed by atoms with Gasteiger partial charge in [0, 0.05) is 18.1 Å². The molecule has 0 heterocycles. The standard InChI is InChI=1S/C26H31N3O9/c1-16(2)22(28-26(33)38-15-17-8-6-5-7-9-17)24(31)27-23(25(32)37-4)20(14-21(30)36-3)18-10-12-19(13-11-18)29(34)35/h5-13,16,20,22-23H,14-15H2,1-4H3,(H,27,31)(H,28,33)/t20-,22-,23+/m0/s1. The maximum absolute atomic E-state index is 13.3. The summed E-state index contributed by atoms with van der Waals surface area (Å²) in [5, 5.41) is 16.1. The van der Waals surface area contributed by atoms with Gasteiger partial charge in [0.15, 0.2) is 0 Å². The monoisotopic (exact) mass is 529 g/mol. The molecule has 12 nitrogen and oxygen atoms in total. The fourth-order valence-corrected chi connectivity index (χ4v) is 3.65. The number of carbonyl (C=O) groups excluding carboxylic acids is 4. The predicted octanol–water partition coefficient (Wildman–Crippen LogP) is 2.85. The molecule has 2 N–H and O–H groups in total. The van der Waals surface area contributed by atoms with Gasteiger partial charge in [-0.05, 0) is 17.0 Å². The van der Waals surface area contributed by atoms with Crippen molar-refractivity contribution in [1.82, 2.24) is 10.6 Å². The molecule has 0 aliphatic rings. The van der Waals surface area contributed by atoms with Gasteiger partial charge >= 0.3 is 18.0 Å². The Morgan fingerprint density at radius 2 is 1.53 bits per heavy atom. The van der Waals surface area contributed by atoms with E-state index >= 15 is 0 Å². The van der Waals surface area contributed by atoms with Gasteiger partial charge in [0.25, 0.3) is 5.69 Å². The maximum atomic E-state index is 13.3. The smallest absolute Gasteiger partial charge is 0.408 e. The average molecular weight is 530 g/mol. The predicted molar refractivity (Wildman–Crippen MR) is 135 cm³/mol. The summed E-state index contributed by atoms with van der Waals surface area (Å²) in [6, 6.07) is 11.7. The maximum Gasteiger partial charge on any atom is 0.408 e. The van der Waals surface area contributed by atoms with E-state index in [4.69, 9.17) is 14.2 Å². The highest BCUT2D eigenvalue weighted by atomic mass is 16.6. The molecule has 0 bridgehead atoms. The number of non-ortho nitro benzene ring substituents is 1. The van der Waals surface area contributed by atoms with Crippen LogP contribution in [0.15, 0.2) is 54.6 Å². The third kappa shape index (κ3) is 8.57. The number of hydrogen-bond acceptors (Lipinski definition) is 9. The second kappa shape index (κ2) is 14.3. The Kier molecular flexibility index (Phi) is 11.2. The van der Waals surface area contributed by atoms with Crippen LogP contribution in [0.2, 0.25) is 0 Å². The molecule has 2 rings (SSSR count). The van der Waals surface area contributed by atoms with Gasteiger partial charge in [-0.15, -0.1) is 0 Å². The van der Waals surface area contributed by atoms with Gasteiger partial charge < -0.3 is 24.8 Å². The molecule has 3 atom stereocenters. The third-order valence-electron chi connectivity index (χ3n) is 5.74. The molecule has 2 aromatic carbocycles. The van der Waals surface area contributed by atoms with Crippen molar-refractivity contribution in [2.45, 2.75) is 44.9 Å². The Labute approximate surface area is 219 Å². The van der Waals surface area contributed by atoms with E-state index in [0.717, 1.165) is 12.7 Å². The van der Waals surface area contributed by atoms with Gasteiger partial charge in [0.05, 0.1) is 25.6 Å². The van der Waals surface area contributed by atoms with Crippen LogP contribution in [0.3, 0.4) is 0 Å². The molecule has 0 fully saturated rings. The van der Waals surface area contributed by atoms with Crippen LogP contribution in [-0.2, 0) is 35.2 Å². The Balaban J connectivity index is 2.26. The minimum atomic E-state index is -1.38. The number of amides is 2. The number of carbonyl (C=O) groups is 4. The quantitative estimate of drug-likeness (QED) is 0.182. The number of nitrogens with zero attached hydrogens (tertiary/aromatic N) is 1. The molecule has 2 amide bonds. The van der Waals surface area contributed by atoms with Gasteiger partial charge in [0.1, 0.15) is 18.7 Å². The number of benzene rings is 2. The Bertz CT molecular complexity index is 1120. The number of esters is 2. The number of nitro benzene ring substituents is 1. The molecule has 0 aliphatic heterocycles. The summed E-state index contributed by atoms with van der Waals surface area (Å²) in [5.41, 5.74) is 0.919. The average Bonchev–Trinajstić information content (AvgIpc) is 2.92. The molecule has 204 valence electrons. The third-order valence-corrected chi connectivity index (χ3v) is 5.74. The van der Waals surface area contributed by atoms with Crippen molar-refractivity contribution in [3.05, 3.63) is 75.8 Å². The first-order valence-electron chi connectivity index (χ1n) is 11.7. The number of nitro groups is 1. The summed E-state index contributed by atoms with van der Waals surface area (Å²) in [5.74, 6) is -3.66. The zero-order valence-electron chi connectivity index (χ0n) is 21.5. The molecule has 12 heteroatoms. The first-order valence-corrected chi connectivity index (χ1v) is 11.7. The second-order valence-corrected chi connectivity index (χ2v) is 8.67. The van der Waals surface area contributed by atoms with Crippen molar-refractivity contribution in [3.8, 4) is 0 Å². The summed E-state index contributed by atoms with van der Waals surface area (Å²) in [7, 11) is 2.28. The van der Waals surface area contributed by atoms with Crippen LogP contribution >= 0.6 is 0 Å². The Hall–Kier alpha value is -4.48. The normalized spacial score (nSPS) is 13.0. The number of methoxy groups -OCH3 is 2. The Morgan fingerprint density at radius 1 is 0.895 bits per heavy atom. The molecule has 0 radical (unpaired) electrons. The first kappa shape index (κ1) is 29.7. The highest BCUT2D eigenvalue weighted by Gasteiger charge is 2.37. The van der Waals surface area contributed by atoms with Gasteiger partial charge in [0.2, 0.25) is 5.91 Å². The van der Waals surface area contributed by atoms with Gasteiger partial charge in [-0.1, -0.05) is 56.3 Å². The van der Waals surface area contributed by atoms with Crippen LogP contribution in [0.5, 0.6) is 0 Å². The number of hydrogen-bond donors (Lipinski definition) is 2. The summed E-state index contributed by atoms with van der Waals surface area (Å²) < 4.78 is 14.8. The molecule has 0 saturated carbocycles. The summed E-state index contributed by atoms with van der Waals surface area (Å²) >= 11 is 0. The Morgan fingerprint density at radius 3 is 2.05 bits per heavy atom.